The second-order valence-corrected chi connectivity index (χ2v) is 18.9. The minimum atomic E-state index is -4.31. The molecule has 57 heavy (non-hydrogen) atoms. The molecule has 3 atom stereocenters. The number of rotatable bonds is 43. The predicted octanol–water partition coefficient (Wildman–Crippen LogP) is 13.5. The molecule has 0 rings (SSSR count). The summed E-state index contributed by atoms with van der Waals surface area (Å²) in [6.45, 7) is 4.86. The number of carbonyl (C=O) groups excluding carboxylic acids is 1. The number of aliphatic hydroxyl groups is 1. The lowest BCUT2D eigenvalue weighted by Gasteiger charge is -2.26. The summed E-state index contributed by atoms with van der Waals surface area (Å²) in [7, 11) is 1.61. The average Bonchev–Trinajstić information content (AvgIpc) is 3.16. The lowest BCUT2D eigenvalue weighted by atomic mass is 10.0. The molecular weight excluding hydrogens is 732 g/mol. The standard InChI is InChI=1S/C48H93N2O6P/c1-6-8-10-12-14-16-18-20-21-22-23-24-25-26-27-28-29-30-32-34-36-38-40-42-48(52)49-46(45-56-57(53,54)55-44-43-50(3,4)5)47(51)41-39-37-35-33-31-19-17-15-13-11-9-7-2/h18,20,22-23,25-26,46-47,51H,6-17,19,21,24,27-45H2,1-5H3,(H-,49,52,53,54)/p+1/b20-18-,23-22-,26-25-. The Labute approximate surface area is 353 Å². The topological polar surface area (TPSA) is 105 Å². The van der Waals surface area contributed by atoms with Crippen LogP contribution in [0.1, 0.15) is 213 Å². The monoisotopic (exact) mass is 826 g/mol. The highest BCUT2D eigenvalue weighted by molar-refractivity contribution is 7.47. The van der Waals surface area contributed by atoms with Crippen molar-refractivity contribution < 1.29 is 32.9 Å². The number of phosphoric acid groups is 1. The number of nitrogens with one attached hydrogen (secondary N) is 1. The SMILES string of the molecule is CCCCCCC/C=C\C/C=C\C/C=C\CCCCCCCCCCC(=O)NC(COP(=O)(O)OCC[N+](C)(C)C)C(O)CCCCCCCCCCCCCC. The van der Waals surface area contributed by atoms with Crippen molar-refractivity contribution in [2.75, 3.05) is 40.9 Å². The van der Waals surface area contributed by atoms with E-state index in [0.717, 1.165) is 57.8 Å². The minimum Gasteiger partial charge on any atom is -0.391 e. The summed E-state index contributed by atoms with van der Waals surface area (Å²) in [6, 6.07) is -0.763. The fourth-order valence-electron chi connectivity index (χ4n) is 6.82. The fourth-order valence-corrected chi connectivity index (χ4v) is 7.55. The second kappa shape index (κ2) is 40.1. The highest BCUT2D eigenvalue weighted by Crippen LogP contribution is 2.43. The van der Waals surface area contributed by atoms with Gasteiger partial charge in [-0.25, -0.2) is 4.57 Å². The molecule has 0 aromatic rings. The molecular formula is C48H94N2O6P+. The zero-order chi connectivity index (χ0) is 42.1. The summed E-state index contributed by atoms with van der Waals surface area (Å²) in [5.74, 6) is -0.153. The third-order valence-corrected chi connectivity index (χ3v) is 11.6. The summed E-state index contributed by atoms with van der Waals surface area (Å²) < 4.78 is 23.6. The van der Waals surface area contributed by atoms with Gasteiger partial charge in [0.15, 0.2) is 0 Å². The Bertz CT molecular complexity index is 1030. The summed E-state index contributed by atoms with van der Waals surface area (Å²) in [5.41, 5.74) is 0. The van der Waals surface area contributed by atoms with Crippen molar-refractivity contribution in [3.63, 3.8) is 0 Å². The van der Waals surface area contributed by atoms with E-state index in [0.29, 0.717) is 23.9 Å². The lowest BCUT2D eigenvalue weighted by Crippen LogP contribution is -2.46. The molecule has 3 N–H and O–H groups in total. The number of allylic oxidation sites excluding steroid dienone is 6. The average molecular weight is 826 g/mol. The van der Waals surface area contributed by atoms with Crippen LogP contribution in [0.2, 0.25) is 0 Å². The summed E-state index contributed by atoms with van der Waals surface area (Å²) in [4.78, 5) is 23.2. The van der Waals surface area contributed by atoms with Crippen LogP contribution < -0.4 is 5.32 Å². The number of hydrogen-bond acceptors (Lipinski definition) is 5. The first-order valence-electron chi connectivity index (χ1n) is 23.9. The van der Waals surface area contributed by atoms with Crippen LogP contribution in [0, 0.1) is 0 Å². The maximum atomic E-state index is 12.9. The van der Waals surface area contributed by atoms with Gasteiger partial charge in [-0.2, -0.15) is 0 Å². The lowest BCUT2D eigenvalue weighted by molar-refractivity contribution is -0.870. The van der Waals surface area contributed by atoms with Gasteiger partial charge in [-0.15, -0.1) is 0 Å². The van der Waals surface area contributed by atoms with E-state index in [4.69, 9.17) is 9.05 Å². The number of likely N-dealkylation sites (N-methyl/N-ethyl adjacent to an activating group) is 1. The zero-order valence-electron chi connectivity index (χ0n) is 38.1. The number of phosphoric ester groups is 1. The number of amides is 1. The van der Waals surface area contributed by atoms with Crippen molar-refractivity contribution >= 4 is 13.7 Å². The second-order valence-electron chi connectivity index (χ2n) is 17.5. The van der Waals surface area contributed by atoms with Crippen LogP contribution >= 0.6 is 7.82 Å². The molecule has 0 saturated carbocycles. The van der Waals surface area contributed by atoms with Gasteiger partial charge in [0.1, 0.15) is 13.2 Å². The van der Waals surface area contributed by atoms with Crippen molar-refractivity contribution in [2.45, 2.75) is 225 Å². The normalized spacial score (nSPS) is 14.6. The van der Waals surface area contributed by atoms with Gasteiger partial charge < -0.3 is 19.8 Å². The molecule has 0 aliphatic carbocycles. The Kier molecular flexibility index (Phi) is 39.2. The zero-order valence-corrected chi connectivity index (χ0v) is 39.0. The van der Waals surface area contributed by atoms with Crippen LogP contribution in [0.15, 0.2) is 36.5 Å². The molecule has 0 saturated heterocycles. The van der Waals surface area contributed by atoms with Gasteiger partial charge in [-0.3, -0.25) is 13.8 Å². The quantitative estimate of drug-likeness (QED) is 0.0245. The van der Waals surface area contributed by atoms with E-state index in [1.54, 1.807) is 0 Å². The van der Waals surface area contributed by atoms with E-state index in [-0.39, 0.29) is 19.1 Å². The van der Waals surface area contributed by atoms with Gasteiger partial charge in [-0.1, -0.05) is 192 Å². The highest BCUT2D eigenvalue weighted by Gasteiger charge is 2.28. The maximum absolute atomic E-state index is 12.9. The first-order valence-corrected chi connectivity index (χ1v) is 25.3. The van der Waals surface area contributed by atoms with Crippen LogP contribution in [-0.2, 0) is 18.4 Å². The predicted molar refractivity (Wildman–Crippen MR) is 244 cm³/mol. The first-order chi connectivity index (χ1) is 27.5. The van der Waals surface area contributed by atoms with E-state index in [1.165, 1.54) is 128 Å². The molecule has 1 amide bonds. The largest absolute Gasteiger partial charge is 0.472 e. The Balaban J connectivity index is 4.26. The maximum Gasteiger partial charge on any atom is 0.472 e. The fraction of sp³-hybridized carbons (Fsp3) is 0.854. The van der Waals surface area contributed by atoms with E-state index < -0.39 is 20.0 Å². The molecule has 0 bridgehead atoms. The van der Waals surface area contributed by atoms with E-state index >= 15 is 0 Å². The van der Waals surface area contributed by atoms with Gasteiger partial charge in [0, 0.05) is 6.42 Å². The van der Waals surface area contributed by atoms with E-state index in [9.17, 15) is 19.4 Å². The van der Waals surface area contributed by atoms with Gasteiger partial charge >= 0.3 is 7.82 Å². The molecule has 0 spiro atoms. The van der Waals surface area contributed by atoms with E-state index in [1.807, 2.05) is 21.1 Å². The van der Waals surface area contributed by atoms with Crippen LogP contribution in [0.5, 0.6) is 0 Å². The molecule has 0 aliphatic rings. The van der Waals surface area contributed by atoms with Gasteiger partial charge in [0.2, 0.25) is 5.91 Å². The summed E-state index contributed by atoms with van der Waals surface area (Å²) >= 11 is 0. The Morgan fingerprint density at radius 1 is 0.596 bits per heavy atom. The van der Waals surface area contributed by atoms with Crippen LogP contribution in [0.4, 0.5) is 0 Å². The molecule has 0 heterocycles. The molecule has 336 valence electrons. The Morgan fingerprint density at radius 3 is 1.46 bits per heavy atom. The molecule has 0 aromatic carbocycles. The van der Waals surface area contributed by atoms with Gasteiger partial charge in [0.05, 0.1) is 39.9 Å². The molecule has 9 heteroatoms. The minimum absolute atomic E-state index is 0.0725. The molecule has 3 unspecified atom stereocenters. The first kappa shape index (κ1) is 55.7. The third-order valence-electron chi connectivity index (χ3n) is 10.6. The van der Waals surface area contributed by atoms with Crippen LogP contribution in [-0.4, -0.2) is 73.4 Å². The van der Waals surface area contributed by atoms with Crippen molar-refractivity contribution in [1.29, 1.82) is 0 Å². The smallest absolute Gasteiger partial charge is 0.391 e. The van der Waals surface area contributed by atoms with Crippen molar-refractivity contribution in [1.82, 2.24) is 5.32 Å². The molecule has 0 aromatic heterocycles. The number of nitrogens with zero attached hydrogens (tertiary/aromatic N) is 1. The summed E-state index contributed by atoms with van der Waals surface area (Å²) in [6.07, 6.45) is 48.8. The highest BCUT2D eigenvalue weighted by atomic mass is 31.2. The van der Waals surface area contributed by atoms with Crippen molar-refractivity contribution in [2.24, 2.45) is 0 Å². The third kappa shape index (κ3) is 42.6. The van der Waals surface area contributed by atoms with E-state index in [2.05, 4.69) is 55.6 Å². The molecule has 8 nitrogen and oxygen atoms in total. The summed E-state index contributed by atoms with van der Waals surface area (Å²) in [5, 5.41) is 13.9. The number of hydrogen-bond donors (Lipinski definition) is 3. The number of carbonyl (C=O) groups is 1. The van der Waals surface area contributed by atoms with Gasteiger partial charge in [0.25, 0.3) is 0 Å². The van der Waals surface area contributed by atoms with Crippen molar-refractivity contribution in [3.8, 4) is 0 Å². The van der Waals surface area contributed by atoms with Crippen LogP contribution in [0.25, 0.3) is 0 Å². The van der Waals surface area contributed by atoms with Crippen LogP contribution in [0.3, 0.4) is 0 Å². The number of aliphatic hydroxyl groups excluding tert-OH is 1. The Morgan fingerprint density at radius 2 is 1.00 bits per heavy atom. The van der Waals surface area contributed by atoms with Gasteiger partial charge in [-0.05, 0) is 51.4 Å². The Hall–Kier alpha value is -1.28. The number of quaternary nitrogens is 1. The number of unbranched alkanes of at least 4 members (excludes halogenated alkanes) is 24. The van der Waals surface area contributed by atoms with Crippen molar-refractivity contribution in [3.05, 3.63) is 36.5 Å². The molecule has 0 radical (unpaired) electrons. The molecule has 0 fully saturated rings. The molecule has 0 aliphatic heterocycles.